The van der Waals surface area contributed by atoms with Crippen LogP contribution in [0.25, 0.3) is 0 Å². The van der Waals surface area contributed by atoms with Crippen molar-refractivity contribution < 1.29 is 4.74 Å². The van der Waals surface area contributed by atoms with Gasteiger partial charge in [0.15, 0.2) is 0 Å². The Morgan fingerprint density at radius 1 is 1.18 bits per heavy atom. The van der Waals surface area contributed by atoms with E-state index in [0.29, 0.717) is 11.5 Å². The number of anilines is 1. The molecule has 1 aromatic rings. The number of benzene rings is 1. The minimum Gasteiger partial charge on any atom is -0.399 e. The summed E-state index contributed by atoms with van der Waals surface area (Å²) in [5.41, 5.74) is 12.0. The molecule has 0 radical (unpaired) electrons. The maximum atomic E-state index is 6.22. The molecule has 3 aliphatic carbocycles. The second-order valence-electron chi connectivity index (χ2n) is 8.17. The average molecular weight is 299 g/mol. The first-order chi connectivity index (χ1) is 10.5. The van der Waals surface area contributed by atoms with Gasteiger partial charge in [-0.15, -0.1) is 0 Å². The van der Waals surface area contributed by atoms with Crippen LogP contribution in [-0.2, 0) is 11.2 Å². The van der Waals surface area contributed by atoms with Gasteiger partial charge in [-0.25, -0.2) is 0 Å². The van der Waals surface area contributed by atoms with Crippen LogP contribution in [0.1, 0.15) is 61.6 Å². The lowest BCUT2D eigenvalue weighted by atomic mass is 9.55. The number of hydrogen-bond donors (Lipinski definition) is 1. The molecule has 0 saturated heterocycles. The van der Waals surface area contributed by atoms with Crippen LogP contribution in [0.15, 0.2) is 12.1 Å². The maximum absolute atomic E-state index is 6.22. The van der Waals surface area contributed by atoms with Gasteiger partial charge in [-0.1, -0.05) is 13.0 Å². The molecule has 3 aliphatic rings. The topological polar surface area (TPSA) is 35.2 Å². The molecule has 2 N–H and O–H groups in total. The van der Waals surface area contributed by atoms with Gasteiger partial charge in [0.25, 0.3) is 0 Å². The van der Waals surface area contributed by atoms with Gasteiger partial charge in [0.2, 0.25) is 0 Å². The summed E-state index contributed by atoms with van der Waals surface area (Å²) < 4.78 is 5.85. The van der Waals surface area contributed by atoms with Crippen LogP contribution in [0.3, 0.4) is 0 Å². The van der Waals surface area contributed by atoms with Gasteiger partial charge in [-0.2, -0.15) is 0 Å². The SMILES string of the molecule is CO[C@H]1CC[C@H]2[C@@H]3CCc4cc(C)c(N)cc4[C@H]3CC[C@]12C. The van der Waals surface area contributed by atoms with Gasteiger partial charge in [-0.05, 0) is 91.4 Å². The fraction of sp³-hybridized carbons (Fsp3) is 0.700. The van der Waals surface area contributed by atoms with E-state index >= 15 is 0 Å². The summed E-state index contributed by atoms with van der Waals surface area (Å²) in [5, 5.41) is 0. The summed E-state index contributed by atoms with van der Waals surface area (Å²) in [5.74, 6) is 2.42. The zero-order chi connectivity index (χ0) is 15.5. The number of nitrogen functional groups attached to an aromatic ring is 1. The van der Waals surface area contributed by atoms with Crippen molar-refractivity contribution in [3.8, 4) is 0 Å². The molecule has 2 saturated carbocycles. The normalized spacial score (nSPS) is 40.0. The van der Waals surface area contributed by atoms with Crippen LogP contribution in [-0.4, -0.2) is 13.2 Å². The second kappa shape index (κ2) is 4.99. The number of fused-ring (bicyclic) bond motifs is 5. The molecule has 0 aliphatic heterocycles. The second-order valence-corrected chi connectivity index (χ2v) is 8.17. The zero-order valence-electron chi connectivity index (χ0n) is 14.2. The third-order valence-electron chi connectivity index (χ3n) is 7.31. The molecule has 0 unspecified atom stereocenters. The standard InChI is InChI=1S/C20H29NO/c1-12-10-13-4-5-15-14(16(13)11-18(12)21)8-9-20(2)17(15)6-7-19(20)22-3/h10-11,14-15,17,19H,4-9,21H2,1-3H3/t14-,15+,17-,19-,20-/m0/s1. The van der Waals surface area contributed by atoms with Crippen LogP contribution in [0.2, 0.25) is 0 Å². The number of methoxy groups -OCH3 is 1. The highest BCUT2D eigenvalue weighted by atomic mass is 16.5. The van der Waals surface area contributed by atoms with E-state index in [1.807, 2.05) is 7.11 Å². The largest absolute Gasteiger partial charge is 0.399 e. The van der Waals surface area contributed by atoms with Crippen LogP contribution >= 0.6 is 0 Å². The van der Waals surface area contributed by atoms with E-state index in [4.69, 9.17) is 10.5 Å². The minimum atomic E-state index is 0.406. The Morgan fingerprint density at radius 3 is 2.77 bits per heavy atom. The zero-order valence-corrected chi connectivity index (χ0v) is 14.2. The maximum Gasteiger partial charge on any atom is 0.0627 e. The van der Waals surface area contributed by atoms with E-state index in [1.165, 1.54) is 44.1 Å². The summed E-state index contributed by atoms with van der Waals surface area (Å²) in [6.45, 7) is 4.63. The third-order valence-corrected chi connectivity index (χ3v) is 7.31. The molecule has 4 rings (SSSR count). The van der Waals surface area contributed by atoms with Crippen LogP contribution < -0.4 is 5.73 Å². The molecule has 2 fully saturated rings. The van der Waals surface area contributed by atoms with E-state index in [0.717, 1.165) is 23.4 Å². The fourth-order valence-corrected chi connectivity index (χ4v) is 6.10. The van der Waals surface area contributed by atoms with Crippen molar-refractivity contribution in [2.24, 2.45) is 17.3 Å². The number of rotatable bonds is 1. The summed E-state index contributed by atoms with van der Waals surface area (Å²) in [4.78, 5) is 0. The quantitative estimate of drug-likeness (QED) is 0.778. The highest BCUT2D eigenvalue weighted by Crippen LogP contribution is 2.61. The summed E-state index contributed by atoms with van der Waals surface area (Å²) in [6, 6.07) is 4.65. The monoisotopic (exact) mass is 299 g/mol. The van der Waals surface area contributed by atoms with Gasteiger partial charge in [0.1, 0.15) is 0 Å². The van der Waals surface area contributed by atoms with Gasteiger partial charge in [0.05, 0.1) is 6.10 Å². The van der Waals surface area contributed by atoms with E-state index in [2.05, 4.69) is 26.0 Å². The molecule has 5 atom stereocenters. The van der Waals surface area contributed by atoms with E-state index in [1.54, 1.807) is 11.1 Å². The average Bonchev–Trinajstić information content (AvgIpc) is 2.85. The Labute approximate surface area is 134 Å². The molecule has 0 amide bonds. The Hall–Kier alpha value is -1.02. The van der Waals surface area contributed by atoms with Gasteiger partial charge >= 0.3 is 0 Å². The summed E-state index contributed by atoms with van der Waals surface area (Å²) in [7, 11) is 1.91. The molecule has 2 heteroatoms. The third kappa shape index (κ3) is 1.89. The highest BCUT2D eigenvalue weighted by molar-refractivity contribution is 5.53. The van der Waals surface area contributed by atoms with E-state index < -0.39 is 0 Å². The van der Waals surface area contributed by atoms with Crippen LogP contribution in [0.4, 0.5) is 5.69 Å². The van der Waals surface area contributed by atoms with Crippen molar-refractivity contribution in [2.45, 2.75) is 64.4 Å². The molecule has 0 aromatic heterocycles. The first-order valence-electron chi connectivity index (χ1n) is 8.96. The van der Waals surface area contributed by atoms with Crippen molar-refractivity contribution in [1.82, 2.24) is 0 Å². The van der Waals surface area contributed by atoms with Crippen molar-refractivity contribution in [2.75, 3.05) is 12.8 Å². The first-order valence-corrected chi connectivity index (χ1v) is 8.96. The smallest absolute Gasteiger partial charge is 0.0627 e. The molecular formula is C20H29NO. The summed E-state index contributed by atoms with van der Waals surface area (Å²) in [6.07, 6.45) is 8.30. The van der Waals surface area contributed by atoms with E-state index in [9.17, 15) is 0 Å². The predicted octanol–water partition coefficient (Wildman–Crippen LogP) is 4.45. The molecule has 0 heterocycles. The minimum absolute atomic E-state index is 0.406. The Morgan fingerprint density at radius 2 is 2.00 bits per heavy atom. The molecule has 1 aromatic carbocycles. The summed E-state index contributed by atoms with van der Waals surface area (Å²) >= 11 is 0. The van der Waals surface area contributed by atoms with Crippen molar-refractivity contribution >= 4 is 5.69 Å². The van der Waals surface area contributed by atoms with Crippen molar-refractivity contribution in [3.05, 3.63) is 28.8 Å². The lowest BCUT2D eigenvalue weighted by Crippen LogP contribution is -2.44. The molecule has 2 nitrogen and oxygen atoms in total. The number of ether oxygens (including phenoxy) is 1. The number of hydrogen-bond acceptors (Lipinski definition) is 2. The van der Waals surface area contributed by atoms with Gasteiger partial charge < -0.3 is 10.5 Å². The van der Waals surface area contributed by atoms with Crippen molar-refractivity contribution in [1.29, 1.82) is 0 Å². The Kier molecular flexibility index (Phi) is 3.30. The highest BCUT2D eigenvalue weighted by Gasteiger charge is 2.54. The van der Waals surface area contributed by atoms with E-state index in [-0.39, 0.29) is 0 Å². The van der Waals surface area contributed by atoms with Crippen LogP contribution in [0, 0.1) is 24.2 Å². The fourth-order valence-electron chi connectivity index (χ4n) is 6.10. The van der Waals surface area contributed by atoms with Gasteiger partial charge in [0, 0.05) is 12.8 Å². The molecule has 0 spiro atoms. The Bertz CT molecular complexity index is 596. The van der Waals surface area contributed by atoms with Gasteiger partial charge in [-0.3, -0.25) is 0 Å². The predicted molar refractivity (Wildman–Crippen MR) is 91.0 cm³/mol. The Balaban J connectivity index is 1.70. The lowest BCUT2D eigenvalue weighted by molar-refractivity contribution is -0.0443. The van der Waals surface area contributed by atoms with Crippen molar-refractivity contribution in [3.63, 3.8) is 0 Å². The lowest BCUT2D eigenvalue weighted by Gasteiger charge is -2.50. The first kappa shape index (κ1) is 14.6. The molecule has 22 heavy (non-hydrogen) atoms. The van der Waals surface area contributed by atoms with Crippen LogP contribution in [0.5, 0.6) is 0 Å². The number of nitrogens with two attached hydrogens (primary N) is 1. The number of aryl methyl sites for hydroxylation is 2. The molecule has 0 bridgehead atoms. The molecular weight excluding hydrogens is 270 g/mol. The molecule has 120 valence electrons.